The molecule has 98 valence electrons. The van der Waals surface area contributed by atoms with Crippen molar-refractivity contribution in [3.05, 3.63) is 44.8 Å². The number of halogens is 1. The molecule has 0 aromatic heterocycles. The summed E-state index contributed by atoms with van der Waals surface area (Å²) in [5, 5.41) is 32.3. The molecule has 0 amide bonds. The second-order valence-corrected chi connectivity index (χ2v) is 4.18. The van der Waals surface area contributed by atoms with E-state index in [1.54, 1.807) is 12.1 Å². The molecule has 3 N–H and O–H groups in total. The van der Waals surface area contributed by atoms with Crippen molar-refractivity contribution < 1.29 is 15.3 Å². The Morgan fingerprint density at radius 2 is 2.11 bits per heavy atom. The Morgan fingerprint density at radius 1 is 1.39 bits per heavy atom. The summed E-state index contributed by atoms with van der Waals surface area (Å²) in [7, 11) is 0. The summed E-state index contributed by atoms with van der Waals surface area (Å²) in [5.74, 6) is 0. The molecule has 0 radical (unpaired) electrons. The summed E-state index contributed by atoms with van der Waals surface area (Å²) < 4.78 is 0. The SMILES string of the molecule is [N-]=[N+]=NCCC(O)C(O)c1cc(CO)ccc1Cl. The second-order valence-electron chi connectivity index (χ2n) is 3.77. The Bertz CT molecular complexity index is 449. The van der Waals surface area contributed by atoms with Gasteiger partial charge in [0.25, 0.3) is 0 Å². The zero-order valence-corrected chi connectivity index (χ0v) is 10.3. The number of rotatable bonds is 6. The molecule has 1 aromatic rings. The number of hydrogen-bond donors (Lipinski definition) is 3. The molecule has 0 bridgehead atoms. The van der Waals surface area contributed by atoms with Gasteiger partial charge in [0.15, 0.2) is 0 Å². The van der Waals surface area contributed by atoms with Crippen LogP contribution in [0.1, 0.15) is 23.7 Å². The lowest BCUT2D eigenvalue weighted by Gasteiger charge is -2.19. The number of nitrogens with zero attached hydrogens (tertiary/aromatic N) is 3. The predicted octanol–water partition coefficient (Wildman–Crippen LogP) is 1.93. The van der Waals surface area contributed by atoms with Crippen molar-refractivity contribution in [2.24, 2.45) is 5.11 Å². The van der Waals surface area contributed by atoms with Gasteiger partial charge in [0.1, 0.15) is 6.10 Å². The van der Waals surface area contributed by atoms with Crippen molar-refractivity contribution in [3.8, 4) is 0 Å². The van der Waals surface area contributed by atoms with Crippen molar-refractivity contribution in [1.82, 2.24) is 0 Å². The van der Waals surface area contributed by atoms with E-state index in [0.29, 0.717) is 16.1 Å². The zero-order valence-electron chi connectivity index (χ0n) is 9.57. The second kappa shape index (κ2) is 7.20. The highest BCUT2D eigenvalue weighted by Crippen LogP contribution is 2.27. The summed E-state index contributed by atoms with van der Waals surface area (Å²) in [6.07, 6.45) is -2.13. The minimum Gasteiger partial charge on any atom is -0.392 e. The molecule has 0 aliphatic rings. The third-order valence-electron chi connectivity index (χ3n) is 2.51. The summed E-state index contributed by atoms with van der Waals surface area (Å²) >= 11 is 5.92. The quantitative estimate of drug-likeness (QED) is 0.418. The Morgan fingerprint density at radius 3 is 2.72 bits per heavy atom. The van der Waals surface area contributed by atoms with E-state index in [-0.39, 0.29) is 19.6 Å². The van der Waals surface area contributed by atoms with Gasteiger partial charge < -0.3 is 15.3 Å². The average Bonchev–Trinajstić information content (AvgIpc) is 2.38. The van der Waals surface area contributed by atoms with Crippen LogP contribution in [-0.4, -0.2) is 28.0 Å². The van der Waals surface area contributed by atoms with Gasteiger partial charge in [-0.05, 0) is 29.6 Å². The van der Waals surface area contributed by atoms with E-state index < -0.39 is 12.2 Å². The Balaban J connectivity index is 2.81. The van der Waals surface area contributed by atoms with Crippen LogP contribution in [0.2, 0.25) is 5.02 Å². The molecule has 0 aliphatic carbocycles. The molecular formula is C11H14ClN3O3. The van der Waals surface area contributed by atoms with Crippen LogP contribution in [0.3, 0.4) is 0 Å². The van der Waals surface area contributed by atoms with E-state index in [2.05, 4.69) is 10.0 Å². The third-order valence-corrected chi connectivity index (χ3v) is 2.86. The van der Waals surface area contributed by atoms with Gasteiger partial charge in [-0.2, -0.15) is 0 Å². The first-order valence-corrected chi connectivity index (χ1v) is 5.74. The average molecular weight is 272 g/mol. The standard InChI is InChI=1S/C11H14ClN3O3/c12-9-2-1-7(6-16)5-8(9)11(18)10(17)3-4-14-15-13/h1-2,5,10-11,16-18H,3-4,6H2. The van der Waals surface area contributed by atoms with Crippen LogP contribution >= 0.6 is 11.6 Å². The van der Waals surface area contributed by atoms with Gasteiger partial charge in [-0.1, -0.05) is 22.8 Å². The van der Waals surface area contributed by atoms with E-state index in [4.69, 9.17) is 22.2 Å². The van der Waals surface area contributed by atoms with Crippen molar-refractivity contribution in [2.45, 2.75) is 25.2 Å². The van der Waals surface area contributed by atoms with Gasteiger partial charge in [-0.25, -0.2) is 0 Å². The monoisotopic (exact) mass is 271 g/mol. The maximum absolute atomic E-state index is 9.94. The van der Waals surface area contributed by atoms with Crippen LogP contribution in [-0.2, 0) is 6.61 Å². The lowest BCUT2D eigenvalue weighted by Crippen LogP contribution is -2.19. The Kier molecular flexibility index (Phi) is 5.91. The molecule has 0 heterocycles. The Labute approximate surface area is 109 Å². The number of benzene rings is 1. The van der Waals surface area contributed by atoms with E-state index in [1.165, 1.54) is 6.07 Å². The van der Waals surface area contributed by atoms with E-state index in [1.807, 2.05) is 0 Å². The van der Waals surface area contributed by atoms with E-state index in [0.717, 1.165) is 0 Å². The zero-order chi connectivity index (χ0) is 13.5. The molecular weight excluding hydrogens is 258 g/mol. The van der Waals surface area contributed by atoms with Gasteiger partial charge in [0.05, 0.1) is 12.7 Å². The van der Waals surface area contributed by atoms with Crippen LogP contribution < -0.4 is 0 Å². The molecule has 0 fully saturated rings. The van der Waals surface area contributed by atoms with Crippen molar-refractivity contribution >= 4 is 11.6 Å². The third kappa shape index (κ3) is 3.87. The van der Waals surface area contributed by atoms with Crippen molar-refractivity contribution in [3.63, 3.8) is 0 Å². The highest BCUT2D eigenvalue weighted by Gasteiger charge is 2.20. The molecule has 18 heavy (non-hydrogen) atoms. The van der Waals surface area contributed by atoms with Crippen molar-refractivity contribution in [2.75, 3.05) is 6.54 Å². The van der Waals surface area contributed by atoms with Gasteiger partial charge in [0, 0.05) is 22.0 Å². The molecule has 2 unspecified atom stereocenters. The molecule has 0 aliphatic heterocycles. The fourth-order valence-electron chi connectivity index (χ4n) is 1.52. The van der Waals surface area contributed by atoms with Crippen LogP contribution in [0.15, 0.2) is 23.3 Å². The van der Waals surface area contributed by atoms with E-state index in [9.17, 15) is 10.2 Å². The summed E-state index contributed by atoms with van der Waals surface area (Å²) in [4.78, 5) is 2.56. The minimum absolute atomic E-state index is 0.0893. The van der Waals surface area contributed by atoms with Gasteiger partial charge in [-0.3, -0.25) is 0 Å². The Hall–Kier alpha value is -1.30. The van der Waals surface area contributed by atoms with Crippen LogP contribution in [0.4, 0.5) is 0 Å². The first-order valence-electron chi connectivity index (χ1n) is 5.36. The van der Waals surface area contributed by atoms with Gasteiger partial charge in [-0.15, -0.1) is 0 Å². The maximum atomic E-state index is 9.94. The molecule has 1 aromatic carbocycles. The molecule has 0 saturated heterocycles. The van der Waals surface area contributed by atoms with Crippen LogP contribution in [0.25, 0.3) is 10.4 Å². The van der Waals surface area contributed by atoms with Crippen molar-refractivity contribution in [1.29, 1.82) is 0 Å². The minimum atomic E-state index is -1.18. The molecule has 7 heteroatoms. The smallest absolute Gasteiger partial charge is 0.106 e. The topological polar surface area (TPSA) is 109 Å². The fourth-order valence-corrected chi connectivity index (χ4v) is 1.75. The summed E-state index contributed by atoms with van der Waals surface area (Å²) in [5.41, 5.74) is 9.05. The number of aliphatic hydroxyl groups excluding tert-OH is 3. The molecule has 6 nitrogen and oxygen atoms in total. The number of aliphatic hydroxyl groups is 3. The highest BCUT2D eigenvalue weighted by molar-refractivity contribution is 6.31. The number of azide groups is 1. The van der Waals surface area contributed by atoms with Gasteiger partial charge in [0.2, 0.25) is 0 Å². The lowest BCUT2D eigenvalue weighted by molar-refractivity contribution is 0.0150. The van der Waals surface area contributed by atoms with E-state index >= 15 is 0 Å². The van der Waals surface area contributed by atoms with Crippen LogP contribution in [0.5, 0.6) is 0 Å². The van der Waals surface area contributed by atoms with Gasteiger partial charge >= 0.3 is 0 Å². The predicted molar refractivity (Wildman–Crippen MR) is 67.0 cm³/mol. The molecule has 0 saturated carbocycles. The van der Waals surface area contributed by atoms with Crippen LogP contribution in [0, 0.1) is 0 Å². The normalized spacial score (nSPS) is 13.8. The maximum Gasteiger partial charge on any atom is 0.106 e. The molecule has 0 spiro atoms. The molecule has 1 rings (SSSR count). The lowest BCUT2D eigenvalue weighted by atomic mass is 10.00. The highest BCUT2D eigenvalue weighted by atomic mass is 35.5. The first-order chi connectivity index (χ1) is 8.60. The molecule has 2 atom stereocenters. The fraction of sp³-hybridized carbons (Fsp3) is 0.455. The summed E-state index contributed by atoms with van der Waals surface area (Å²) in [6, 6.07) is 4.71. The first kappa shape index (κ1) is 14.8. The number of hydrogen-bond acceptors (Lipinski definition) is 4. The largest absolute Gasteiger partial charge is 0.392 e. The summed E-state index contributed by atoms with van der Waals surface area (Å²) in [6.45, 7) is -0.0856.